The molecule has 0 aliphatic carbocycles. The summed E-state index contributed by atoms with van der Waals surface area (Å²) in [5, 5.41) is 0.408. The lowest BCUT2D eigenvalue weighted by Crippen LogP contribution is -2.15. The van der Waals surface area contributed by atoms with E-state index in [0.717, 1.165) is 28.2 Å². The molecule has 4 heteroatoms. The van der Waals surface area contributed by atoms with E-state index in [2.05, 4.69) is 0 Å². The molecular weight excluding hydrogens is 265 g/mol. The van der Waals surface area contributed by atoms with E-state index < -0.39 is 0 Å². The molecule has 0 aliphatic rings. The average molecular weight is 282 g/mol. The van der Waals surface area contributed by atoms with Crippen LogP contribution in [-0.4, -0.2) is 0 Å². The van der Waals surface area contributed by atoms with Crippen LogP contribution >= 0.6 is 11.6 Å². The van der Waals surface area contributed by atoms with Crippen molar-refractivity contribution >= 4 is 11.6 Å². The van der Waals surface area contributed by atoms with E-state index in [4.69, 9.17) is 21.8 Å². The predicted molar refractivity (Wildman–Crippen MR) is 75.0 cm³/mol. The van der Waals surface area contributed by atoms with E-state index in [-0.39, 0.29) is 11.9 Å². The number of furan rings is 1. The molecule has 0 spiro atoms. The third-order valence-electron chi connectivity index (χ3n) is 3.44. The Balaban J connectivity index is 2.28. The third kappa shape index (κ3) is 2.82. The largest absolute Gasteiger partial charge is 0.466 e. The van der Waals surface area contributed by atoms with Crippen molar-refractivity contribution in [2.75, 3.05) is 0 Å². The van der Waals surface area contributed by atoms with Gasteiger partial charge in [0.25, 0.3) is 0 Å². The summed E-state index contributed by atoms with van der Waals surface area (Å²) in [5.74, 6) is 1.38. The van der Waals surface area contributed by atoms with Crippen LogP contribution in [-0.2, 0) is 6.42 Å². The van der Waals surface area contributed by atoms with Gasteiger partial charge in [-0.25, -0.2) is 4.39 Å². The van der Waals surface area contributed by atoms with Gasteiger partial charge in [-0.2, -0.15) is 0 Å². The molecule has 2 N–H and O–H groups in total. The molecule has 2 rings (SSSR count). The number of halogens is 2. The van der Waals surface area contributed by atoms with Gasteiger partial charge in [-0.15, -0.1) is 0 Å². The summed E-state index contributed by atoms with van der Waals surface area (Å²) in [6.07, 6.45) is 0.555. The van der Waals surface area contributed by atoms with Crippen LogP contribution in [0.5, 0.6) is 0 Å². The normalized spacial score (nSPS) is 12.7. The van der Waals surface area contributed by atoms with Gasteiger partial charge in [0.2, 0.25) is 0 Å². The minimum absolute atomic E-state index is 0.208. The monoisotopic (exact) mass is 281 g/mol. The first-order valence-corrected chi connectivity index (χ1v) is 6.54. The maximum atomic E-state index is 13.0. The van der Waals surface area contributed by atoms with Gasteiger partial charge in [0, 0.05) is 16.6 Å². The first-order valence-electron chi connectivity index (χ1n) is 6.16. The van der Waals surface area contributed by atoms with E-state index in [0.29, 0.717) is 11.4 Å². The molecule has 102 valence electrons. The van der Waals surface area contributed by atoms with E-state index in [1.807, 2.05) is 20.8 Å². The molecule has 0 aliphatic heterocycles. The van der Waals surface area contributed by atoms with Crippen molar-refractivity contribution in [2.24, 2.45) is 5.73 Å². The highest BCUT2D eigenvalue weighted by Crippen LogP contribution is 2.29. The highest BCUT2D eigenvalue weighted by molar-refractivity contribution is 6.31. The summed E-state index contributed by atoms with van der Waals surface area (Å²) in [6, 6.07) is 4.17. The highest BCUT2D eigenvalue weighted by atomic mass is 35.5. The van der Waals surface area contributed by atoms with Crippen LogP contribution in [0.3, 0.4) is 0 Å². The number of nitrogens with two attached hydrogens (primary N) is 1. The topological polar surface area (TPSA) is 39.2 Å². The van der Waals surface area contributed by atoms with Crippen LogP contribution in [0.25, 0.3) is 0 Å². The average Bonchev–Trinajstić information content (AvgIpc) is 2.57. The third-order valence-corrected chi connectivity index (χ3v) is 3.80. The van der Waals surface area contributed by atoms with Crippen molar-refractivity contribution in [3.8, 4) is 0 Å². The number of hydrogen-bond donors (Lipinski definition) is 1. The second-order valence-corrected chi connectivity index (χ2v) is 5.21. The van der Waals surface area contributed by atoms with Gasteiger partial charge in [0.1, 0.15) is 17.3 Å². The van der Waals surface area contributed by atoms with E-state index >= 15 is 0 Å². The number of hydrogen-bond acceptors (Lipinski definition) is 2. The zero-order chi connectivity index (χ0) is 14.2. The van der Waals surface area contributed by atoms with E-state index in [1.165, 1.54) is 12.1 Å². The maximum Gasteiger partial charge on any atom is 0.124 e. The molecule has 0 saturated carbocycles. The molecule has 1 heterocycles. The Morgan fingerprint density at radius 1 is 1.26 bits per heavy atom. The van der Waals surface area contributed by atoms with Crippen LogP contribution in [0.4, 0.5) is 4.39 Å². The number of rotatable bonds is 3. The van der Waals surface area contributed by atoms with Crippen molar-refractivity contribution in [1.82, 2.24) is 0 Å². The predicted octanol–water partition coefficient (Wildman–Crippen LogP) is 4.24. The van der Waals surface area contributed by atoms with Gasteiger partial charge in [0.05, 0.1) is 0 Å². The number of benzene rings is 1. The molecule has 1 unspecified atom stereocenters. The van der Waals surface area contributed by atoms with Gasteiger partial charge < -0.3 is 10.2 Å². The Kier molecular flexibility index (Phi) is 3.97. The summed E-state index contributed by atoms with van der Waals surface area (Å²) in [5.41, 5.74) is 9.16. The van der Waals surface area contributed by atoms with Crippen LogP contribution in [0, 0.1) is 26.6 Å². The summed E-state index contributed by atoms with van der Waals surface area (Å²) in [4.78, 5) is 0. The lowest BCUT2D eigenvalue weighted by molar-refractivity contribution is 0.496. The minimum Gasteiger partial charge on any atom is -0.466 e. The highest BCUT2D eigenvalue weighted by Gasteiger charge is 2.19. The molecule has 2 nitrogen and oxygen atoms in total. The Labute approximate surface area is 117 Å². The number of aryl methyl sites for hydroxylation is 2. The zero-order valence-corrected chi connectivity index (χ0v) is 12.0. The Morgan fingerprint density at radius 3 is 2.47 bits per heavy atom. The van der Waals surface area contributed by atoms with Gasteiger partial charge in [-0.1, -0.05) is 17.7 Å². The molecule has 1 aromatic heterocycles. The van der Waals surface area contributed by atoms with Crippen molar-refractivity contribution in [3.63, 3.8) is 0 Å². The van der Waals surface area contributed by atoms with Gasteiger partial charge in [-0.05, 0) is 50.5 Å². The molecule has 0 fully saturated rings. The Morgan fingerprint density at radius 2 is 1.95 bits per heavy atom. The molecule has 0 saturated heterocycles. The van der Waals surface area contributed by atoms with Crippen molar-refractivity contribution < 1.29 is 8.81 Å². The Bertz CT molecular complexity index is 606. The summed E-state index contributed by atoms with van der Waals surface area (Å²) < 4.78 is 18.6. The van der Waals surface area contributed by atoms with Crippen LogP contribution in [0.1, 0.15) is 34.3 Å². The fourth-order valence-electron chi connectivity index (χ4n) is 2.38. The van der Waals surface area contributed by atoms with Gasteiger partial charge >= 0.3 is 0 Å². The van der Waals surface area contributed by atoms with Gasteiger partial charge in [-0.3, -0.25) is 0 Å². The minimum atomic E-state index is -0.339. The summed E-state index contributed by atoms with van der Waals surface area (Å²) in [6.45, 7) is 5.82. The second kappa shape index (κ2) is 5.35. The molecule has 19 heavy (non-hydrogen) atoms. The summed E-state index contributed by atoms with van der Waals surface area (Å²) in [7, 11) is 0. The summed E-state index contributed by atoms with van der Waals surface area (Å²) >= 11 is 6.03. The lowest BCUT2D eigenvalue weighted by Gasteiger charge is -2.13. The standard InChI is InChI=1S/C15H17ClFNO/c1-8-9(2)19-10(3)15(8)14(18)6-11-4-5-12(17)7-13(11)16/h4-5,7,14H,6,18H2,1-3H3. The molecule has 1 atom stereocenters. The molecule has 0 bridgehead atoms. The van der Waals surface area contributed by atoms with Crippen molar-refractivity contribution in [3.05, 3.63) is 57.2 Å². The fourth-order valence-corrected chi connectivity index (χ4v) is 2.62. The smallest absolute Gasteiger partial charge is 0.124 e. The van der Waals surface area contributed by atoms with Crippen molar-refractivity contribution in [1.29, 1.82) is 0 Å². The Hall–Kier alpha value is -1.32. The first-order chi connectivity index (χ1) is 8.90. The molecule has 0 amide bonds. The van der Waals surface area contributed by atoms with Crippen LogP contribution < -0.4 is 5.73 Å². The van der Waals surface area contributed by atoms with Crippen LogP contribution in [0.15, 0.2) is 22.6 Å². The molecule has 0 radical (unpaired) electrons. The molecular formula is C15H17ClFNO. The van der Waals surface area contributed by atoms with Crippen LogP contribution in [0.2, 0.25) is 5.02 Å². The van der Waals surface area contributed by atoms with E-state index in [9.17, 15) is 4.39 Å². The van der Waals surface area contributed by atoms with E-state index in [1.54, 1.807) is 6.07 Å². The molecule has 1 aromatic carbocycles. The maximum absolute atomic E-state index is 13.0. The quantitative estimate of drug-likeness (QED) is 0.914. The lowest BCUT2D eigenvalue weighted by atomic mass is 9.96. The second-order valence-electron chi connectivity index (χ2n) is 4.80. The first kappa shape index (κ1) is 14.1. The van der Waals surface area contributed by atoms with Crippen molar-refractivity contribution in [2.45, 2.75) is 33.2 Å². The SMILES string of the molecule is Cc1oc(C)c(C(N)Cc2ccc(F)cc2Cl)c1C. The fraction of sp³-hybridized carbons (Fsp3) is 0.333. The molecule has 2 aromatic rings. The zero-order valence-electron chi connectivity index (χ0n) is 11.3. The van der Waals surface area contributed by atoms with Gasteiger partial charge in [0.15, 0.2) is 0 Å².